The minimum atomic E-state index is -0.649. The maximum Gasteiger partial charge on any atom is 0.509 e. The van der Waals surface area contributed by atoms with Gasteiger partial charge in [-0.1, -0.05) is 6.92 Å². The molecule has 0 amide bonds. The standard InChI is InChI=1S/C15H22N2O4/c1-5-10-8-12(13(18)17-16-10)9-6-11(7-9)20-14(19)21-15(2,3)4/h8-9,11H,5-7H2,1-4H3,(H,17,18)/t9-,11-. The Kier molecular flexibility index (Phi) is 4.34. The third-order valence-corrected chi connectivity index (χ3v) is 3.43. The third kappa shape index (κ3) is 4.06. The van der Waals surface area contributed by atoms with Crippen molar-refractivity contribution in [1.29, 1.82) is 0 Å². The molecular weight excluding hydrogens is 272 g/mol. The first-order chi connectivity index (χ1) is 9.78. The molecule has 116 valence electrons. The van der Waals surface area contributed by atoms with Crippen LogP contribution >= 0.6 is 0 Å². The molecule has 1 aliphatic carbocycles. The van der Waals surface area contributed by atoms with E-state index in [1.54, 1.807) is 20.8 Å². The maximum absolute atomic E-state index is 11.8. The summed E-state index contributed by atoms with van der Waals surface area (Å²) in [5, 5.41) is 6.48. The second-order valence-electron chi connectivity index (χ2n) is 6.37. The predicted octanol–water partition coefficient (Wildman–Crippen LogP) is 2.53. The molecule has 0 aromatic carbocycles. The molecule has 21 heavy (non-hydrogen) atoms. The van der Waals surface area contributed by atoms with Crippen LogP contribution in [0.15, 0.2) is 10.9 Å². The van der Waals surface area contributed by atoms with Crippen molar-refractivity contribution in [2.45, 2.75) is 64.6 Å². The van der Waals surface area contributed by atoms with Gasteiger partial charge in [0.25, 0.3) is 5.56 Å². The zero-order chi connectivity index (χ0) is 15.6. The van der Waals surface area contributed by atoms with Gasteiger partial charge in [0.1, 0.15) is 11.7 Å². The van der Waals surface area contributed by atoms with Gasteiger partial charge in [0.05, 0.1) is 5.69 Å². The average Bonchev–Trinajstić information content (AvgIpc) is 2.32. The number of carbonyl (C=O) groups is 1. The lowest BCUT2D eigenvalue weighted by Crippen LogP contribution is -2.36. The molecular formula is C15H22N2O4. The Morgan fingerprint density at radius 2 is 2.10 bits per heavy atom. The Morgan fingerprint density at radius 3 is 2.67 bits per heavy atom. The lowest BCUT2D eigenvalue weighted by molar-refractivity contribution is -0.0481. The van der Waals surface area contributed by atoms with E-state index in [0.717, 1.165) is 17.7 Å². The highest BCUT2D eigenvalue weighted by atomic mass is 16.7. The first kappa shape index (κ1) is 15.5. The highest BCUT2D eigenvalue weighted by Gasteiger charge is 2.36. The van der Waals surface area contributed by atoms with Crippen molar-refractivity contribution >= 4 is 6.16 Å². The highest BCUT2D eigenvalue weighted by Crippen LogP contribution is 2.37. The third-order valence-electron chi connectivity index (χ3n) is 3.43. The molecule has 0 radical (unpaired) electrons. The first-order valence-corrected chi connectivity index (χ1v) is 7.26. The number of H-pyrrole nitrogens is 1. The Balaban J connectivity index is 1.89. The topological polar surface area (TPSA) is 81.3 Å². The molecule has 1 aromatic rings. The van der Waals surface area contributed by atoms with E-state index in [4.69, 9.17) is 9.47 Å². The molecule has 0 spiro atoms. The van der Waals surface area contributed by atoms with Crippen molar-refractivity contribution in [2.75, 3.05) is 0 Å². The molecule has 1 heterocycles. The summed E-state index contributed by atoms with van der Waals surface area (Å²) in [5.41, 5.74) is 0.873. The molecule has 0 atom stereocenters. The van der Waals surface area contributed by atoms with Crippen LogP contribution in [0.1, 0.15) is 57.7 Å². The number of hydrogen-bond acceptors (Lipinski definition) is 5. The molecule has 0 aliphatic heterocycles. The minimum Gasteiger partial charge on any atom is -0.431 e. The van der Waals surface area contributed by atoms with E-state index in [1.807, 2.05) is 13.0 Å². The van der Waals surface area contributed by atoms with Crippen molar-refractivity contribution in [3.63, 3.8) is 0 Å². The van der Waals surface area contributed by atoms with E-state index < -0.39 is 11.8 Å². The van der Waals surface area contributed by atoms with Crippen LogP contribution in [0.2, 0.25) is 0 Å². The summed E-state index contributed by atoms with van der Waals surface area (Å²) >= 11 is 0. The molecule has 0 bridgehead atoms. The second kappa shape index (κ2) is 5.87. The number of aromatic nitrogens is 2. The van der Waals surface area contributed by atoms with Crippen LogP contribution in [0.4, 0.5) is 4.79 Å². The van der Waals surface area contributed by atoms with Crippen LogP contribution in [0.3, 0.4) is 0 Å². The predicted molar refractivity (Wildman–Crippen MR) is 77.3 cm³/mol. The van der Waals surface area contributed by atoms with Crippen LogP contribution < -0.4 is 5.56 Å². The van der Waals surface area contributed by atoms with Crippen LogP contribution in [-0.2, 0) is 15.9 Å². The van der Waals surface area contributed by atoms with Gasteiger partial charge in [-0.3, -0.25) is 4.79 Å². The monoisotopic (exact) mass is 294 g/mol. The van der Waals surface area contributed by atoms with Crippen LogP contribution in [0.5, 0.6) is 0 Å². The quantitative estimate of drug-likeness (QED) is 0.866. The molecule has 1 N–H and O–H groups in total. The SMILES string of the molecule is CCc1cc([C@H]2C[C@H](OC(=O)OC(C)(C)C)C2)c(=O)[nH]n1. The Bertz CT molecular complexity index is 568. The van der Waals surface area contributed by atoms with Gasteiger partial charge in [-0.15, -0.1) is 0 Å². The van der Waals surface area contributed by atoms with E-state index >= 15 is 0 Å². The molecule has 0 unspecified atom stereocenters. The van der Waals surface area contributed by atoms with Crippen LogP contribution in [0.25, 0.3) is 0 Å². The summed E-state index contributed by atoms with van der Waals surface area (Å²) in [6.07, 6.45) is 1.24. The normalized spacial score (nSPS) is 21.5. The fourth-order valence-electron chi connectivity index (χ4n) is 2.27. The van der Waals surface area contributed by atoms with Gasteiger partial charge in [0.2, 0.25) is 0 Å². The zero-order valence-corrected chi connectivity index (χ0v) is 12.9. The lowest BCUT2D eigenvalue weighted by Gasteiger charge is -2.34. The number of carbonyl (C=O) groups excluding carboxylic acids is 1. The molecule has 6 heteroatoms. The van der Waals surface area contributed by atoms with Gasteiger partial charge in [0, 0.05) is 5.56 Å². The largest absolute Gasteiger partial charge is 0.509 e. The van der Waals surface area contributed by atoms with Gasteiger partial charge < -0.3 is 9.47 Å². The number of ether oxygens (including phenoxy) is 2. The van der Waals surface area contributed by atoms with Gasteiger partial charge in [-0.05, 0) is 52.0 Å². The van der Waals surface area contributed by atoms with Gasteiger partial charge >= 0.3 is 6.16 Å². The number of nitrogens with one attached hydrogen (secondary N) is 1. The fourth-order valence-corrected chi connectivity index (χ4v) is 2.27. The number of nitrogens with zero attached hydrogens (tertiary/aromatic N) is 1. The van der Waals surface area contributed by atoms with Crippen LogP contribution in [0, 0.1) is 0 Å². The van der Waals surface area contributed by atoms with Crippen molar-refractivity contribution in [1.82, 2.24) is 10.2 Å². The van der Waals surface area contributed by atoms with Crippen molar-refractivity contribution in [2.24, 2.45) is 0 Å². The van der Waals surface area contributed by atoms with Gasteiger partial charge in [-0.2, -0.15) is 5.10 Å². The van der Waals surface area contributed by atoms with Crippen LogP contribution in [-0.4, -0.2) is 28.1 Å². The fraction of sp³-hybridized carbons (Fsp3) is 0.667. The summed E-state index contributed by atoms with van der Waals surface area (Å²) in [7, 11) is 0. The number of hydrogen-bond donors (Lipinski definition) is 1. The minimum absolute atomic E-state index is 0.120. The summed E-state index contributed by atoms with van der Waals surface area (Å²) < 4.78 is 10.3. The summed E-state index contributed by atoms with van der Waals surface area (Å²) in [6.45, 7) is 7.36. The lowest BCUT2D eigenvalue weighted by atomic mass is 9.78. The Morgan fingerprint density at radius 1 is 1.43 bits per heavy atom. The van der Waals surface area contributed by atoms with E-state index in [-0.39, 0.29) is 17.6 Å². The van der Waals surface area contributed by atoms with Gasteiger partial charge in [0.15, 0.2) is 0 Å². The zero-order valence-electron chi connectivity index (χ0n) is 12.9. The highest BCUT2D eigenvalue weighted by molar-refractivity contribution is 5.60. The molecule has 1 aliphatic rings. The smallest absolute Gasteiger partial charge is 0.431 e. The van der Waals surface area contributed by atoms with Crippen molar-refractivity contribution in [3.8, 4) is 0 Å². The molecule has 1 saturated carbocycles. The second-order valence-corrected chi connectivity index (χ2v) is 6.37. The Hall–Kier alpha value is -1.85. The molecule has 1 fully saturated rings. The van der Waals surface area contributed by atoms with E-state index in [0.29, 0.717) is 12.8 Å². The summed E-state index contributed by atoms with van der Waals surface area (Å²) in [4.78, 5) is 23.3. The number of rotatable bonds is 3. The molecule has 2 rings (SSSR count). The molecule has 1 aromatic heterocycles. The first-order valence-electron chi connectivity index (χ1n) is 7.26. The molecule has 6 nitrogen and oxygen atoms in total. The van der Waals surface area contributed by atoms with E-state index in [9.17, 15) is 9.59 Å². The van der Waals surface area contributed by atoms with Gasteiger partial charge in [-0.25, -0.2) is 9.89 Å². The van der Waals surface area contributed by atoms with Crippen molar-refractivity contribution < 1.29 is 14.3 Å². The Labute approximate surface area is 123 Å². The number of aryl methyl sites for hydroxylation is 1. The molecule has 0 saturated heterocycles. The van der Waals surface area contributed by atoms with Crippen molar-refractivity contribution in [3.05, 3.63) is 27.7 Å². The van der Waals surface area contributed by atoms with E-state index in [2.05, 4.69) is 10.2 Å². The number of aromatic amines is 1. The maximum atomic E-state index is 11.8. The summed E-state index contributed by atoms with van der Waals surface area (Å²) in [6, 6.07) is 1.84. The van der Waals surface area contributed by atoms with E-state index in [1.165, 1.54) is 0 Å². The summed E-state index contributed by atoms with van der Waals surface area (Å²) in [5.74, 6) is 0.120. The average molecular weight is 294 g/mol.